The zero-order chi connectivity index (χ0) is 15.5. The molecule has 22 heavy (non-hydrogen) atoms. The number of hydrogen-bond donors (Lipinski definition) is 2. The highest BCUT2D eigenvalue weighted by Crippen LogP contribution is 2.64. The molecule has 3 heteroatoms. The van der Waals surface area contributed by atoms with Gasteiger partial charge in [0, 0.05) is 5.41 Å². The minimum Gasteiger partial charge on any atom is -0.411 e. The lowest BCUT2D eigenvalue weighted by molar-refractivity contribution is -0.0213. The summed E-state index contributed by atoms with van der Waals surface area (Å²) in [5, 5.41) is 23.1. The number of hydrogen-bond acceptors (Lipinski definition) is 3. The smallest absolute Gasteiger partial charge is 0.0632 e. The van der Waals surface area contributed by atoms with E-state index >= 15 is 0 Å². The third-order valence-corrected chi connectivity index (χ3v) is 7.94. The van der Waals surface area contributed by atoms with Crippen LogP contribution < -0.4 is 0 Å². The monoisotopic (exact) mass is 303 g/mol. The molecule has 0 aromatic heterocycles. The summed E-state index contributed by atoms with van der Waals surface area (Å²) in [6, 6.07) is 0. The summed E-state index contributed by atoms with van der Waals surface area (Å²) in [7, 11) is 0. The molecule has 4 aliphatic carbocycles. The Morgan fingerprint density at radius 1 is 1.09 bits per heavy atom. The zero-order valence-corrected chi connectivity index (χ0v) is 13.9. The van der Waals surface area contributed by atoms with Crippen molar-refractivity contribution < 1.29 is 10.3 Å². The van der Waals surface area contributed by atoms with Crippen LogP contribution in [0, 0.1) is 28.6 Å². The maximum atomic E-state index is 10.0. The fraction of sp³-hybridized carbons (Fsp3) is 0.842. The van der Waals surface area contributed by atoms with E-state index < -0.39 is 0 Å². The standard InChI is InChI=1S/C19H29NO2/c1-18-9-7-13(21)11-12(18)3-4-14-15-5-6-17(20-22)19(15,2)10-8-16(14)18/h3,13-16,21-22H,4-11H2,1-2H3/t13?,14-,15-,16+,18-,19-/m0/s1. The van der Waals surface area contributed by atoms with Crippen molar-refractivity contribution >= 4 is 5.71 Å². The van der Waals surface area contributed by atoms with E-state index in [0.717, 1.165) is 43.2 Å². The van der Waals surface area contributed by atoms with Crippen LogP contribution in [0.3, 0.4) is 0 Å². The number of rotatable bonds is 0. The average Bonchev–Trinajstić information content (AvgIpc) is 2.84. The second-order valence-electron chi connectivity index (χ2n) is 8.70. The van der Waals surface area contributed by atoms with Crippen molar-refractivity contribution in [2.45, 2.75) is 71.3 Å². The number of aliphatic hydroxyl groups excluding tert-OH is 1. The summed E-state index contributed by atoms with van der Waals surface area (Å²) >= 11 is 0. The zero-order valence-electron chi connectivity index (χ0n) is 13.9. The van der Waals surface area contributed by atoms with Gasteiger partial charge in [-0.25, -0.2) is 0 Å². The fourth-order valence-electron chi connectivity index (χ4n) is 6.59. The van der Waals surface area contributed by atoms with Crippen LogP contribution in [-0.4, -0.2) is 22.1 Å². The van der Waals surface area contributed by atoms with E-state index in [4.69, 9.17) is 0 Å². The molecule has 0 aromatic carbocycles. The molecule has 0 aromatic rings. The lowest BCUT2D eigenvalue weighted by Gasteiger charge is -2.57. The maximum absolute atomic E-state index is 10.0. The first kappa shape index (κ1) is 14.7. The van der Waals surface area contributed by atoms with Crippen LogP contribution in [0.1, 0.15) is 65.2 Å². The molecule has 0 aliphatic heterocycles. The SMILES string of the molecule is C[C@]12CCC(O)CC1=CC[C@@H]1[C@H]2CC[C@]2(C)C(=NO)CC[C@@H]12. The maximum Gasteiger partial charge on any atom is 0.0632 e. The highest BCUT2D eigenvalue weighted by Gasteiger charge is 2.57. The normalized spacial score (nSPS) is 52.7. The third-order valence-electron chi connectivity index (χ3n) is 7.94. The van der Waals surface area contributed by atoms with Crippen LogP contribution in [-0.2, 0) is 0 Å². The molecule has 0 saturated heterocycles. The van der Waals surface area contributed by atoms with Crippen LogP contribution in [0.25, 0.3) is 0 Å². The summed E-state index contributed by atoms with van der Waals surface area (Å²) in [5.41, 5.74) is 3.02. The predicted molar refractivity (Wildman–Crippen MR) is 86.9 cm³/mol. The lowest BCUT2D eigenvalue weighted by atomic mass is 9.48. The van der Waals surface area contributed by atoms with Crippen molar-refractivity contribution in [1.29, 1.82) is 0 Å². The first-order chi connectivity index (χ1) is 10.5. The molecule has 0 spiro atoms. The van der Waals surface area contributed by atoms with Crippen molar-refractivity contribution in [2.24, 2.45) is 33.7 Å². The van der Waals surface area contributed by atoms with Gasteiger partial charge in [0.1, 0.15) is 0 Å². The first-order valence-electron chi connectivity index (χ1n) is 9.08. The van der Waals surface area contributed by atoms with Crippen molar-refractivity contribution in [3.63, 3.8) is 0 Å². The Morgan fingerprint density at radius 2 is 1.82 bits per heavy atom. The van der Waals surface area contributed by atoms with Crippen molar-refractivity contribution in [1.82, 2.24) is 0 Å². The predicted octanol–water partition coefficient (Wildman–Crippen LogP) is 4.14. The molecule has 0 amide bonds. The number of aliphatic hydroxyl groups is 1. The van der Waals surface area contributed by atoms with Crippen molar-refractivity contribution in [3.8, 4) is 0 Å². The van der Waals surface area contributed by atoms with Crippen LogP contribution in [0.2, 0.25) is 0 Å². The molecule has 122 valence electrons. The topological polar surface area (TPSA) is 52.8 Å². The largest absolute Gasteiger partial charge is 0.411 e. The average molecular weight is 303 g/mol. The summed E-state index contributed by atoms with van der Waals surface area (Å²) < 4.78 is 0. The summed E-state index contributed by atoms with van der Waals surface area (Å²) in [4.78, 5) is 0. The highest BCUT2D eigenvalue weighted by molar-refractivity contribution is 5.92. The quantitative estimate of drug-likeness (QED) is 0.401. The van der Waals surface area contributed by atoms with E-state index in [1.165, 1.54) is 31.3 Å². The van der Waals surface area contributed by atoms with Gasteiger partial charge in [-0.1, -0.05) is 30.7 Å². The number of fused-ring (bicyclic) bond motifs is 5. The Bertz CT molecular complexity index is 540. The summed E-state index contributed by atoms with van der Waals surface area (Å²) in [6.07, 6.45) is 11.1. The van der Waals surface area contributed by atoms with Gasteiger partial charge in [0.05, 0.1) is 11.8 Å². The molecule has 4 aliphatic rings. The first-order valence-corrected chi connectivity index (χ1v) is 9.08. The summed E-state index contributed by atoms with van der Waals surface area (Å²) in [5.74, 6) is 2.18. The molecule has 3 nitrogen and oxygen atoms in total. The van der Waals surface area contributed by atoms with Gasteiger partial charge in [-0.05, 0) is 74.5 Å². The highest BCUT2D eigenvalue weighted by atomic mass is 16.4. The molecule has 3 saturated carbocycles. The van der Waals surface area contributed by atoms with E-state index in [1.54, 1.807) is 0 Å². The van der Waals surface area contributed by atoms with E-state index in [2.05, 4.69) is 25.1 Å². The van der Waals surface area contributed by atoms with Crippen LogP contribution in [0.15, 0.2) is 16.8 Å². The van der Waals surface area contributed by atoms with Gasteiger partial charge >= 0.3 is 0 Å². The Balaban J connectivity index is 1.69. The minimum atomic E-state index is -0.121. The van der Waals surface area contributed by atoms with E-state index in [-0.39, 0.29) is 11.5 Å². The van der Waals surface area contributed by atoms with Crippen molar-refractivity contribution in [3.05, 3.63) is 11.6 Å². The van der Waals surface area contributed by atoms with Crippen molar-refractivity contribution in [2.75, 3.05) is 0 Å². The van der Waals surface area contributed by atoms with E-state index in [1.807, 2.05) is 0 Å². The fourth-order valence-corrected chi connectivity index (χ4v) is 6.59. The second-order valence-corrected chi connectivity index (χ2v) is 8.70. The molecule has 0 bridgehead atoms. The second kappa shape index (κ2) is 4.83. The van der Waals surface area contributed by atoms with Gasteiger partial charge in [0.15, 0.2) is 0 Å². The Labute approximate surface area is 133 Å². The van der Waals surface area contributed by atoms with Gasteiger partial charge in [-0.2, -0.15) is 0 Å². The molecular weight excluding hydrogens is 274 g/mol. The Kier molecular flexibility index (Phi) is 3.24. The molecule has 2 N–H and O–H groups in total. The van der Waals surface area contributed by atoms with Gasteiger partial charge in [0.25, 0.3) is 0 Å². The molecule has 0 radical (unpaired) electrons. The van der Waals surface area contributed by atoms with Gasteiger partial charge in [-0.3, -0.25) is 0 Å². The minimum absolute atomic E-state index is 0.121. The van der Waals surface area contributed by atoms with E-state index in [0.29, 0.717) is 11.3 Å². The Hall–Kier alpha value is -0.830. The van der Waals surface area contributed by atoms with Gasteiger partial charge in [-0.15, -0.1) is 0 Å². The van der Waals surface area contributed by atoms with Crippen LogP contribution >= 0.6 is 0 Å². The number of oxime groups is 1. The summed E-state index contributed by atoms with van der Waals surface area (Å²) in [6.45, 7) is 4.79. The van der Waals surface area contributed by atoms with Crippen LogP contribution in [0.4, 0.5) is 0 Å². The van der Waals surface area contributed by atoms with Gasteiger partial charge < -0.3 is 10.3 Å². The molecule has 4 rings (SSSR count). The van der Waals surface area contributed by atoms with Crippen LogP contribution in [0.5, 0.6) is 0 Å². The molecule has 1 unspecified atom stereocenters. The molecule has 3 fully saturated rings. The lowest BCUT2D eigenvalue weighted by Crippen LogP contribution is -2.50. The third kappa shape index (κ3) is 1.81. The molecule has 6 atom stereocenters. The number of allylic oxidation sites excluding steroid dienone is 1. The van der Waals surface area contributed by atoms with E-state index in [9.17, 15) is 10.3 Å². The molecular formula is C19H29NO2. The number of nitrogens with zero attached hydrogens (tertiary/aromatic N) is 1. The van der Waals surface area contributed by atoms with Gasteiger partial charge in [0.2, 0.25) is 0 Å². The Morgan fingerprint density at radius 3 is 2.59 bits per heavy atom. The molecule has 0 heterocycles.